The molecule has 1 saturated heterocycles. The molecule has 5 atom stereocenters. The van der Waals surface area contributed by atoms with Gasteiger partial charge in [-0.15, -0.1) is 0 Å². The van der Waals surface area contributed by atoms with Crippen LogP contribution >= 0.6 is 23.2 Å². The van der Waals surface area contributed by atoms with Crippen LogP contribution in [0.2, 0.25) is 10.0 Å². The second kappa shape index (κ2) is 22.2. The Bertz CT molecular complexity index is 2000. The average Bonchev–Trinajstić information content (AvgIpc) is 3.64. The van der Waals surface area contributed by atoms with Crippen molar-refractivity contribution in [2.24, 2.45) is 17.6 Å². The van der Waals surface area contributed by atoms with E-state index in [4.69, 9.17) is 33.7 Å². The molecule has 0 spiro atoms. The topological polar surface area (TPSA) is 252 Å². The van der Waals surface area contributed by atoms with Gasteiger partial charge in [-0.25, -0.2) is 17.9 Å². The van der Waals surface area contributed by atoms with Gasteiger partial charge in [-0.3, -0.25) is 28.8 Å². The molecule has 4 rings (SSSR count). The van der Waals surface area contributed by atoms with Crippen LogP contribution < -0.4 is 31.7 Å². The summed E-state index contributed by atoms with van der Waals surface area (Å²) in [6.45, 7) is 4.53. The molecule has 2 fully saturated rings. The zero-order valence-corrected chi connectivity index (χ0v) is 36.0. The number of benzene rings is 2. The number of amides is 6. The smallest absolute Gasteiger partial charge is 0.407 e. The van der Waals surface area contributed by atoms with Gasteiger partial charge in [0.25, 0.3) is 5.91 Å². The summed E-state index contributed by atoms with van der Waals surface area (Å²) in [4.78, 5) is 94.0. The molecule has 0 bridgehead atoms. The number of nitrogens with two attached hydrogens (primary N) is 1. The van der Waals surface area contributed by atoms with Crippen LogP contribution in [0.1, 0.15) is 83.7 Å². The molecule has 1 unspecified atom stereocenters. The minimum absolute atomic E-state index is 0.00998. The first-order valence-corrected chi connectivity index (χ1v) is 22.1. The van der Waals surface area contributed by atoms with Crippen LogP contribution in [0.15, 0.2) is 53.4 Å². The molecule has 1 saturated carbocycles. The molecule has 0 radical (unpaired) electrons. The van der Waals surface area contributed by atoms with Crippen LogP contribution in [0.3, 0.4) is 0 Å². The largest absolute Gasteiger partial charge is 0.449 e. The Balaban J connectivity index is 1.55. The maximum Gasteiger partial charge on any atom is 0.407 e. The van der Waals surface area contributed by atoms with Gasteiger partial charge in [-0.05, 0) is 61.3 Å². The highest BCUT2D eigenvalue weighted by Crippen LogP contribution is 2.31. The number of ketones is 1. The van der Waals surface area contributed by atoms with Crippen molar-refractivity contribution in [3.05, 3.63) is 64.1 Å². The third-order valence-electron chi connectivity index (χ3n) is 10.2. The van der Waals surface area contributed by atoms with Crippen molar-refractivity contribution in [2.75, 3.05) is 19.7 Å². The molecule has 6 amide bonds. The number of primary amides is 1. The Hall–Kier alpha value is -4.78. The van der Waals surface area contributed by atoms with E-state index in [1.807, 2.05) is 13.8 Å². The number of carbonyl (C=O) groups is 7. The number of Topliss-reactive ketones (excluding diaryl/α,β-unsaturated/α-hetero) is 1. The Morgan fingerprint density at radius 1 is 0.917 bits per heavy atom. The summed E-state index contributed by atoms with van der Waals surface area (Å²) in [5.74, 6) is -5.75. The predicted molar refractivity (Wildman–Crippen MR) is 222 cm³/mol. The van der Waals surface area contributed by atoms with E-state index in [2.05, 4.69) is 26.0 Å². The van der Waals surface area contributed by atoms with Crippen LogP contribution in [0.5, 0.6) is 0 Å². The molecule has 0 aromatic heterocycles. The van der Waals surface area contributed by atoms with Gasteiger partial charge in [0.1, 0.15) is 18.1 Å². The Morgan fingerprint density at radius 3 is 2.22 bits per heavy atom. The van der Waals surface area contributed by atoms with Crippen LogP contribution in [-0.4, -0.2) is 98.6 Å². The number of hydrogen-bond donors (Lipinski definition) is 6. The molecule has 17 nitrogen and oxygen atoms in total. The lowest BCUT2D eigenvalue weighted by atomic mass is 9.83. The van der Waals surface area contributed by atoms with E-state index in [1.54, 1.807) is 37.3 Å². The zero-order chi connectivity index (χ0) is 44.1. The molecule has 20 heteroatoms. The van der Waals surface area contributed by atoms with Crippen molar-refractivity contribution < 1.29 is 46.7 Å². The maximum absolute atomic E-state index is 14.6. The fourth-order valence-electron chi connectivity index (χ4n) is 7.19. The van der Waals surface area contributed by atoms with Gasteiger partial charge in [0.2, 0.25) is 39.4 Å². The fourth-order valence-corrected chi connectivity index (χ4v) is 8.82. The highest BCUT2D eigenvalue weighted by Gasteiger charge is 2.46. The lowest BCUT2D eigenvalue weighted by molar-refractivity contribution is -0.143. The van der Waals surface area contributed by atoms with Gasteiger partial charge in [0, 0.05) is 12.6 Å². The number of hydrogen-bond acceptors (Lipinski definition) is 10. The lowest BCUT2D eigenvalue weighted by Crippen LogP contribution is -2.58. The predicted octanol–water partition coefficient (Wildman–Crippen LogP) is 2.89. The molecule has 2 aromatic rings. The summed E-state index contributed by atoms with van der Waals surface area (Å²) in [5, 5.41) is 10.0. The van der Waals surface area contributed by atoms with Gasteiger partial charge >= 0.3 is 6.09 Å². The molecule has 7 N–H and O–H groups in total. The average molecular weight is 895 g/mol. The van der Waals surface area contributed by atoms with Crippen molar-refractivity contribution in [3.8, 4) is 0 Å². The molecule has 1 aliphatic carbocycles. The second-order valence-corrected chi connectivity index (χ2v) is 17.9. The SMILES string of the molecule is CCCC(NC(=O)[C@@H]1C[C@@H](NS(=O)(=O)c2ccc(Cl)c(Cl)c2)CN1C(=O)[C@@H](NC(=O)OCC(C)C)C1CCCCC1)C(=O)C(=O)NCC(=O)N[C@H](C(N)=O)c1ccccc1. The van der Waals surface area contributed by atoms with Gasteiger partial charge in [0.15, 0.2) is 0 Å². The van der Waals surface area contributed by atoms with Crippen molar-refractivity contribution in [2.45, 2.75) is 107 Å². The standard InChI is InChI=1S/C40H53Cl2N7O10S/c1-4-11-30(35(51)38(54)44-20-32(50)46-33(36(43)52)24-12-7-5-8-13-24)45-37(53)31-18-26(48-60(57,58)27-16-17-28(41)29(42)19-27)21-49(31)39(55)34(25-14-9-6-10-15-25)47-40(56)59-22-23(2)3/h5,7-8,12-13,16-17,19,23,25-26,30-31,33-34,48H,4,6,9-11,14-15,18,20-22H2,1-3H3,(H2,43,52)(H,44,54)(H,45,53)(H,46,50)(H,47,56)/t26-,30?,31+,33+,34+/m1/s1. The molecule has 1 aliphatic heterocycles. The van der Waals surface area contributed by atoms with E-state index in [1.165, 1.54) is 17.0 Å². The van der Waals surface area contributed by atoms with Crippen molar-refractivity contribution in [1.82, 2.24) is 30.9 Å². The quantitative estimate of drug-likeness (QED) is 0.113. The maximum atomic E-state index is 14.6. The third kappa shape index (κ3) is 13.4. The first-order valence-electron chi connectivity index (χ1n) is 19.9. The summed E-state index contributed by atoms with van der Waals surface area (Å²) in [6, 6.07) is 5.78. The number of alkyl carbamates (subject to hydrolysis) is 1. The number of rotatable bonds is 19. The van der Waals surface area contributed by atoms with E-state index in [0.29, 0.717) is 24.8 Å². The molecule has 1 heterocycles. The molecule has 2 aromatic carbocycles. The first kappa shape index (κ1) is 47.9. The second-order valence-electron chi connectivity index (χ2n) is 15.4. The zero-order valence-electron chi connectivity index (χ0n) is 33.7. The van der Waals surface area contributed by atoms with Gasteiger partial charge in [-0.1, -0.05) is 100.0 Å². The molecular formula is C40H53Cl2N7O10S. The van der Waals surface area contributed by atoms with Gasteiger partial charge < -0.3 is 36.6 Å². The molecular weight excluding hydrogens is 841 g/mol. The van der Waals surface area contributed by atoms with Crippen LogP contribution in [-0.2, 0) is 43.5 Å². The molecule has 2 aliphatic rings. The van der Waals surface area contributed by atoms with Crippen molar-refractivity contribution in [3.63, 3.8) is 0 Å². The summed E-state index contributed by atoms with van der Waals surface area (Å²) in [6.07, 6.45) is 3.01. The molecule has 60 heavy (non-hydrogen) atoms. The summed E-state index contributed by atoms with van der Waals surface area (Å²) < 4.78 is 34.9. The normalized spacial score (nSPS) is 18.5. The minimum Gasteiger partial charge on any atom is -0.449 e. The van der Waals surface area contributed by atoms with Crippen molar-refractivity contribution >= 4 is 74.6 Å². The van der Waals surface area contributed by atoms with E-state index in [9.17, 15) is 42.0 Å². The van der Waals surface area contributed by atoms with Gasteiger partial charge in [0.05, 0.1) is 34.1 Å². The third-order valence-corrected chi connectivity index (χ3v) is 12.4. The minimum atomic E-state index is -4.27. The number of likely N-dealkylation sites (tertiary alicyclic amines) is 1. The Kier molecular flexibility index (Phi) is 17.7. The number of carbonyl (C=O) groups excluding carboxylic acids is 7. The summed E-state index contributed by atoms with van der Waals surface area (Å²) in [7, 11) is -4.27. The van der Waals surface area contributed by atoms with E-state index in [-0.39, 0.29) is 52.8 Å². The number of sulfonamides is 1. The van der Waals surface area contributed by atoms with E-state index < -0.39 is 88.2 Å². The number of nitrogens with zero attached hydrogens (tertiary/aromatic N) is 1. The highest BCUT2D eigenvalue weighted by molar-refractivity contribution is 7.89. The van der Waals surface area contributed by atoms with Crippen LogP contribution in [0.4, 0.5) is 4.79 Å². The first-order chi connectivity index (χ1) is 28.4. The highest BCUT2D eigenvalue weighted by atomic mass is 35.5. The fraction of sp³-hybridized carbons (Fsp3) is 0.525. The monoisotopic (exact) mass is 893 g/mol. The van der Waals surface area contributed by atoms with E-state index >= 15 is 0 Å². The van der Waals surface area contributed by atoms with Gasteiger partial charge in [-0.2, -0.15) is 0 Å². The number of nitrogens with one attached hydrogen (secondary N) is 5. The Morgan fingerprint density at radius 2 is 1.60 bits per heavy atom. The summed E-state index contributed by atoms with van der Waals surface area (Å²) >= 11 is 12.1. The van der Waals surface area contributed by atoms with Crippen LogP contribution in [0.25, 0.3) is 0 Å². The summed E-state index contributed by atoms with van der Waals surface area (Å²) in [5.41, 5.74) is 5.87. The number of ether oxygens (including phenoxy) is 1. The molecule has 328 valence electrons. The Labute approximate surface area is 359 Å². The van der Waals surface area contributed by atoms with E-state index in [0.717, 1.165) is 25.3 Å². The van der Waals surface area contributed by atoms with Crippen molar-refractivity contribution in [1.29, 1.82) is 0 Å². The lowest BCUT2D eigenvalue weighted by Gasteiger charge is -2.34. The number of halogens is 2. The van der Waals surface area contributed by atoms with Crippen LogP contribution in [0, 0.1) is 11.8 Å².